The highest BCUT2D eigenvalue weighted by molar-refractivity contribution is 5.58. The Morgan fingerprint density at radius 2 is 1.76 bits per heavy atom. The zero-order valence-corrected chi connectivity index (χ0v) is 13.5. The maximum Gasteiger partial charge on any atom is 0.134 e. The molecule has 0 bridgehead atoms. The minimum atomic E-state index is 0.455. The van der Waals surface area contributed by atoms with E-state index < -0.39 is 0 Å². The second-order valence-electron chi connectivity index (χ2n) is 5.77. The molecule has 1 N–H and O–H groups in total. The molecule has 2 aromatic rings. The summed E-state index contributed by atoms with van der Waals surface area (Å²) in [6.45, 7) is 7.67. The molecule has 1 aromatic heterocycles. The molecule has 0 spiro atoms. The number of furan rings is 1. The average Bonchev–Trinajstić information content (AvgIpc) is 2.94. The van der Waals surface area contributed by atoms with Gasteiger partial charge in [0.25, 0.3) is 0 Å². The van der Waals surface area contributed by atoms with Crippen molar-refractivity contribution in [3.8, 4) is 11.3 Å². The van der Waals surface area contributed by atoms with Gasteiger partial charge in [-0.3, -0.25) is 0 Å². The number of rotatable bonds is 8. The minimum absolute atomic E-state index is 0.455. The Kier molecular flexibility index (Phi) is 6.06. The van der Waals surface area contributed by atoms with Gasteiger partial charge in [-0.2, -0.15) is 0 Å². The molecule has 1 atom stereocenters. The van der Waals surface area contributed by atoms with Crippen molar-refractivity contribution in [2.45, 2.75) is 52.5 Å². The van der Waals surface area contributed by atoms with Crippen molar-refractivity contribution in [3.05, 3.63) is 47.7 Å². The lowest BCUT2D eigenvalue weighted by Crippen LogP contribution is -2.28. The van der Waals surface area contributed by atoms with E-state index in [0.717, 1.165) is 42.9 Å². The Labute approximate surface area is 128 Å². The first-order chi connectivity index (χ1) is 10.2. The standard InChI is InChI=1S/C19H27NO/c1-4-6-16-7-9-17(10-8-16)19-12-11-18(21-19)14-15(3)20-13-5-2/h7-12,15,20H,4-6,13-14H2,1-3H3. The van der Waals surface area contributed by atoms with Crippen LogP contribution in [-0.2, 0) is 12.8 Å². The van der Waals surface area contributed by atoms with E-state index in [1.165, 1.54) is 12.0 Å². The van der Waals surface area contributed by atoms with Gasteiger partial charge in [-0.1, -0.05) is 44.5 Å². The highest BCUT2D eigenvalue weighted by atomic mass is 16.3. The molecule has 0 aliphatic heterocycles. The van der Waals surface area contributed by atoms with Crippen molar-refractivity contribution in [1.82, 2.24) is 5.32 Å². The molecule has 1 heterocycles. The van der Waals surface area contributed by atoms with Crippen molar-refractivity contribution in [2.24, 2.45) is 0 Å². The van der Waals surface area contributed by atoms with Gasteiger partial charge in [0, 0.05) is 18.0 Å². The lowest BCUT2D eigenvalue weighted by Gasteiger charge is -2.10. The normalized spacial score (nSPS) is 12.5. The SMILES string of the molecule is CCCNC(C)Cc1ccc(-c2ccc(CCC)cc2)o1. The van der Waals surface area contributed by atoms with Crippen molar-refractivity contribution in [3.63, 3.8) is 0 Å². The third kappa shape index (κ3) is 4.75. The quantitative estimate of drug-likeness (QED) is 0.751. The van der Waals surface area contributed by atoms with Crippen molar-refractivity contribution >= 4 is 0 Å². The average molecular weight is 285 g/mol. The van der Waals surface area contributed by atoms with Gasteiger partial charge in [0.15, 0.2) is 0 Å². The molecule has 0 saturated carbocycles. The van der Waals surface area contributed by atoms with Crippen LogP contribution in [0.2, 0.25) is 0 Å². The largest absolute Gasteiger partial charge is 0.461 e. The topological polar surface area (TPSA) is 25.2 Å². The van der Waals surface area contributed by atoms with Crippen LogP contribution in [0.3, 0.4) is 0 Å². The van der Waals surface area contributed by atoms with Crippen LogP contribution in [0.5, 0.6) is 0 Å². The zero-order chi connectivity index (χ0) is 15.1. The van der Waals surface area contributed by atoms with Gasteiger partial charge < -0.3 is 9.73 Å². The van der Waals surface area contributed by atoms with E-state index in [1.54, 1.807) is 0 Å². The third-order valence-electron chi connectivity index (χ3n) is 3.69. The molecule has 0 saturated heterocycles. The fraction of sp³-hybridized carbons (Fsp3) is 0.474. The Balaban J connectivity index is 1.98. The summed E-state index contributed by atoms with van der Waals surface area (Å²) >= 11 is 0. The van der Waals surface area contributed by atoms with Crippen LogP contribution in [-0.4, -0.2) is 12.6 Å². The minimum Gasteiger partial charge on any atom is -0.461 e. The predicted octanol–water partition coefficient (Wildman–Crippen LogP) is 4.83. The van der Waals surface area contributed by atoms with E-state index in [1.807, 2.05) is 0 Å². The molecule has 0 aliphatic rings. The molecule has 21 heavy (non-hydrogen) atoms. The van der Waals surface area contributed by atoms with Crippen LogP contribution in [0.1, 0.15) is 44.9 Å². The lowest BCUT2D eigenvalue weighted by atomic mass is 10.1. The van der Waals surface area contributed by atoms with E-state index in [-0.39, 0.29) is 0 Å². The Bertz CT molecular complexity index is 527. The van der Waals surface area contributed by atoms with Gasteiger partial charge in [0.1, 0.15) is 11.5 Å². The number of benzene rings is 1. The van der Waals surface area contributed by atoms with Crippen molar-refractivity contribution < 1.29 is 4.42 Å². The molecule has 0 fully saturated rings. The van der Waals surface area contributed by atoms with Gasteiger partial charge >= 0.3 is 0 Å². The molecule has 2 nitrogen and oxygen atoms in total. The summed E-state index contributed by atoms with van der Waals surface area (Å²) in [4.78, 5) is 0. The van der Waals surface area contributed by atoms with Crippen molar-refractivity contribution in [1.29, 1.82) is 0 Å². The van der Waals surface area contributed by atoms with E-state index in [9.17, 15) is 0 Å². The van der Waals surface area contributed by atoms with E-state index in [0.29, 0.717) is 6.04 Å². The summed E-state index contributed by atoms with van der Waals surface area (Å²) in [5, 5.41) is 3.49. The molecule has 1 unspecified atom stereocenters. The van der Waals surface area contributed by atoms with Crippen LogP contribution >= 0.6 is 0 Å². The molecule has 0 radical (unpaired) electrons. The van der Waals surface area contributed by atoms with Gasteiger partial charge in [-0.15, -0.1) is 0 Å². The van der Waals surface area contributed by atoms with Gasteiger partial charge in [0.05, 0.1) is 0 Å². The number of nitrogens with one attached hydrogen (secondary N) is 1. The zero-order valence-electron chi connectivity index (χ0n) is 13.5. The molecule has 0 amide bonds. The smallest absolute Gasteiger partial charge is 0.134 e. The van der Waals surface area contributed by atoms with Crippen LogP contribution in [0.15, 0.2) is 40.8 Å². The second-order valence-corrected chi connectivity index (χ2v) is 5.77. The summed E-state index contributed by atoms with van der Waals surface area (Å²) in [5.74, 6) is 2.02. The number of aryl methyl sites for hydroxylation is 1. The monoisotopic (exact) mass is 285 g/mol. The molecule has 0 aliphatic carbocycles. The predicted molar refractivity (Wildman–Crippen MR) is 89.6 cm³/mol. The fourth-order valence-corrected chi connectivity index (χ4v) is 2.53. The first kappa shape index (κ1) is 15.8. The summed E-state index contributed by atoms with van der Waals surface area (Å²) in [6.07, 6.45) is 4.43. The number of hydrogen-bond donors (Lipinski definition) is 1. The number of hydrogen-bond acceptors (Lipinski definition) is 2. The van der Waals surface area contributed by atoms with Crippen LogP contribution in [0.25, 0.3) is 11.3 Å². The lowest BCUT2D eigenvalue weighted by molar-refractivity contribution is 0.464. The molecule has 114 valence electrons. The van der Waals surface area contributed by atoms with Gasteiger partial charge in [-0.25, -0.2) is 0 Å². The van der Waals surface area contributed by atoms with Gasteiger partial charge in [0.2, 0.25) is 0 Å². The summed E-state index contributed by atoms with van der Waals surface area (Å²) in [7, 11) is 0. The summed E-state index contributed by atoms with van der Waals surface area (Å²) in [5.41, 5.74) is 2.56. The van der Waals surface area contributed by atoms with Crippen LogP contribution in [0, 0.1) is 0 Å². The first-order valence-electron chi connectivity index (χ1n) is 8.14. The maximum absolute atomic E-state index is 5.98. The van der Waals surface area contributed by atoms with E-state index in [4.69, 9.17) is 4.42 Å². The molecule has 2 rings (SSSR count). The second kappa shape index (κ2) is 8.04. The van der Waals surface area contributed by atoms with E-state index in [2.05, 4.69) is 62.5 Å². The van der Waals surface area contributed by atoms with Crippen molar-refractivity contribution in [2.75, 3.05) is 6.54 Å². The maximum atomic E-state index is 5.98. The van der Waals surface area contributed by atoms with Crippen LogP contribution in [0.4, 0.5) is 0 Å². The first-order valence-corrected chi connectivity index (χ1v) is 8.14. The fourth-order valence-electron chi connectivity index (χ4n) is 2.53. The Hall–Kier alpha value is -1.54. The third-order valence-corrected chi connectivity index (χ3v) is 3.69. The molecule has 2 heteroatoms. The Morgan fingerprint density at radius 1 is 1.00 bits per heavy atom. The Morgan fingerprint density at radius 3 is 2.43 bits per heavy atom. The highest BCUT2D eigenvalue weighted by Gasteiger charge is 2.08. The summed E-state index contributed by atoms with van der Waals surface area (Å²) in [6, 6.07) is 13.4. The molecular weight excluding hydrogens is 258 g/mol. The van der Waals surface area contributed by atoms with Gasteiger partial charge in [-0.05, 0) is 44.0 Å². The van der Waals surface area contributed by atoms with Crippen LogP contribution < -0.4 is 5.32 Å². The molecular formula is C19H27NO. The highest BCUT2D eigenvalue weighted by Crippen LogP contribution is 2.23. The summed E-state index contributed by atoms with van der Waals surface area (Å²) < 4.78 is 5.98. The molecule has 1 aromatic carbocycles. The van der Waals surface area contributed by atoms with E-state index >= 15 is 0 Å².